The van der Waals surface area contributed by atoms with E-state index in [1.165, 1.54) is 42.6 Å². The van der Waals surface area contributed by atoms with Crippen LogP contribution in [-0.2, 0) is 30.7 Å². The summed E-state index contributed by atoms with van der Waals surface area (Å²) in [6.07, 6.45) is 11.4. The minimum Gasteiger partial charge on any atom is -0.347 e. The van der Waals surface area contributed by atoms with Gasteiger partial charge >= 0.3 is 0 Å². The third-order valence-corrected chi connectivity index (χ3v) is 6.79. The molecule has 5 heteroatoms. The molecule has 1 atom stereocenters. The number of fused-ring (bicyclic) bond motifs is 1. The van der Waals surface area contributed by atoms with Crippen LogP contribution in [0, 0.1) is 11.8 Å². The molecule has 1 fully saturated rings. The van der Waals surface area contributed by atoms with Crippen LogP contribution in [0.25, 0.3) is 0 Å². The summed E-state index contributed by atoms with van der Waals surface area (Å²) in [6.45, 7) is 6.05. The van der Waals surface area contributed by atoms with E-state index in [0.29, 0.717) is 23.2 Å². The third-order valence-electron chi connectivity index (χ3n) is 6.45. The number of benzene rings is 1. The Balaban J connectivity index is 1.33. The summed E-state index contributed by atoms with van der Waals surface area (Å²) in [5.41, 5.74) is 5.16. The Bertz CT molecular complexity index is 938. The van der Waals surface area contributed by atoms with E-state index in [2.05, 4.69) is 46.4 Å². The Labute approximate surface area is 190 Å². The summed E-state index contributed by atoms with van der Waals surface area (Å²) < 4.78 is 0. The first-order valence-corrected chi connectivity index (χ1v) is 11.9. The highest BCUT2D eigenvalue weighted by atomic mass is 35.5. The van der Waals surface area contributed by atoms with E-state index < -0.39 is 0 Å². The molecule has 2 aromatic rings. The second-order valence-electron chi connectivity index (χ2n) is 8.86. The first kappa shape index (κ1) is 22.0. The highest BCUT2D eigenvalue weighted by molar-refractivity contribution is 6.31. The van der Waals surface area contributed by atoms with E-state index in [-0.39, 0.29) is 5.91 Å². The molecule has 0 radical (unpaired) electrons. The summed E-state index contributed by atoms with van der Waals surface area (Å²) in [7, 11) is 0. The maximum Gasteiger partial charge on any atom is 0.243 e. The van der Waals surface area contributed by atoms with Gasteiger partial charge < -0.3 is 5.32 Å². The van der Waals surface area contributed by atoms with Crippen LogP contribution in [0.15, 0.2) is 48.7 Å². The molecule has 1 N–H and O–H groups in total. The van der Waals surface area contributed by atoms with Gasteiger partial charge in [0, 0.05) is 25.8 Å². The standard InChI is InChI=1S/C26H32ClN3O/c1-2-19(10-11-26(31)29-16-25-24(27)7-4-13-28-25)15-21-5-3-6-22-18-30(14-12-23(21)22)17-20-8-9-20/h3-7,10-11,13,19-20H,2,8-9,12,14-18H2,1H3,(H,29,31)/b11-10+. The van der Waals surface area contributed by atoms with Crippen LogP contribution < -0.4 is 5.32 Å². The summed E-state index contributed by atoms with van der Waals surface area (Å²) in [5.74, 6) is 1.19. The SMILES string of the molecule is CCC(/C=C/C(=O)NCc1ncccc1Cl)Cc1cccc2c1CCN(CC1CC1)C2. The number of hydrogen-bond acceptors (Lipinski definition) is 3. The molecule has 1 saturated carbocycles. The minimum absolute atomic E-state index is 0.106. The third kappa shape index (κ3) is 6.18. The van der Waals surface area contributed by atoms with Crippen LogP contribution in [0.4, 0.5) is 0 Å². The summed E-state index contributed by atoms with van der Waals surface area (Å²) >= 11 is 6.11. The van der Waals surface area contributed by atoms with Crippen molar-refractivity contribution < 1.29 is 4.79 Å². The van der Waals surface area contributed by atoms with Gasteiger partial charge in [0.15, 0.2) is 0 Å². The van der Waals surface area contributed by atoms with Gasteiger partial charge in [0.2, 0.25) is 5.91 Å². The number of rotatable bonds is 9. The fourth-order valence-corrected chi connectivity index (χ4v) is 4.58. The Morgan fingerprint density at radius 1 is 1.32 bits per heavy atom. The molecule has 31 heavy (non-hydrogen) atoms. The van der Waals surface area contributed by atoms with Crippen molar-refractivity contribution in [1.29, 1.82) is 0 Å². The molecule has 1 aliphatic heterocycles. The van der Waals surface area contributed by atoms with Gasteiger partial charge in [0.25, 0.3) is 0 Å². The predicted octanol–water partition coefficient (Wildman–Crippen LogP) is 4.94. The number of nitrogens with zero attached hydrogens (tertiary/aromatic N) is 2. The van der Waals surface area contributed by atoms with Crippen molar-refractivity contribution in [3.63, 3.8) is 0 Å². The molecular formula is C26H32ClN3O. The van der Waals surface area contributed by atoms with Gasteiger partial charge in [0.1, 0.15) is 0 Å². The normalized spacial score (nSPS) is 17.5. The molecule has 2 aliphatic rings. The molecule has 4 rings (SSSR count). The summed E-state index contributed by atoms with van der Waals surface area (Å²) in [4.78, 5) is 19.1. The van der Waals surface area contributed by atoms with Crippen LogP contribution in [0.1, 0.15) is 48.6 Å². The first-order chi connectivity index (χ1) is 15.1. The monoisotopic (exact) mass is 437 g/mol. The number of nitrogens with one attached hydrogen (secondary N) is 1. The van der Waals surface area contributed by atoms with Gasteiger partial charge in [-0.3, -0.25) is 14.7 Å². The van der Waals surface area contributed by atoms with E-state index in [0.717, 1.165) is 31.7 Å². The van der Waals surface area contributed by atoms with Crippen LogP contribution >= 0.6 is 11.6 Å². The lowest BCUT2D eigenvalue weighted by Crippen LogP contribution is -2.32. The van der Waals surface area contributed by atoms with Gasteiger partial charge in [-0.05, 0) is 78.8 Å². The fourth-order valence-electron chi connectivity index (χ4n) is 4.39. The van der Waals surface area contributed by atoms with Crippen LogP contribution in [-0.4, -0.2) is 28.9 Å². The van der Waals surface area contributed by atoms with Crippen molar-refractivity contribution in [3.8, 4) is 0 Å². The summed E-state index contributed by atoms with van der Waals surface area (Å²) in [5, 5.41) is 3.45. The topological polar surface area (TPSA) is 45.2 Å². The molecular weight excluding hydrogens is 406 g/mol. The maximum atomic E-state index is 12.3. The zero-order valence-electron chi connectivity index (χ0n) is 18.3. The molecule has 1 unspecified atom stereocenters. The highest BCUT2D eigenvalue weighted by Crippen LogP contribution is 2.32. The maximum absolute atomic E-state index is 12.3. The van der Waals surface area contributed by atoms with Crippen molar-refractivity contribution in [3.05, 3.63) is 76.1 Å². The molecule has 0 spiro atoms. The Hall–Kier alpha value is -2.17. The average molecular weight is 438 g/mol. The largest absolute Gasteiger partial charge is 0.347 e. The minimum atomic E-state index is -0.106. The summed E-state index contributed by atoms with van der Waals surface area (Å²) in [6, 6.07) is 10.3. The highest BCUT2D eigenvalue weighted by Gasteiger charge is 2.27. The van der Waals surface area contributed by atoms with Crippen molar-refractivity contribution in [2.45, 2.75) is 52.1 Å². The van der Waals surface area contributed by atoms with E-state index in [9.17, 15) is 4.79 Å². The smallest absolute Gasteiger partial charge is 0.243 e. The molecule has 1 aromatic carbocycles. The number of amides is 1. The van der Waals surface area contributed by atoms with E-state index in [4.69, 9.17) is 11.6 Å². The van der Waals surface area contributed by atoms with Crippen molar-refractivity contribution in [1.82, 2.24) is 15.2 Å². The lowest BCUT2D eigenvalue weighted by Gasteiger charge is -2.30. The molecule has 1 aliphatic carbocycles. The number of carbonyl (C=O) groups excluding carboxylic acids is 1. The number of hydrogen-bond donors (Lipinski definition) is 1. The Kier molecular flexibility index (Phi) is 7.41. The van der Waals surface area contributed by atoms with Gasteiger partial charge in [-0.15, -0.1) is 0 Å². The molecule has 4 nitrogen and oxygen atoms in total. The first-order valence-electron chi connectivity index (χ1n) is 11.5. The van der Waals surface area contributed by atoms with Gasteiger partial charge in [-0.1, -0.05) is 42.8 Å². The van der Waals surface area contributed by atoms with E-state index in [1.54, 1.807) is 24.4 Å². The average Bonchev–Trinajstić information content (AvgIpc) is 3.60. The van der Waals surface area contributed by atoms with Gasteiger partial charge in [-0.25, -0.2) is 0 Å². The van der Waals surface area contributed by atoms with Crippen molar-refractivity contribution in [2.24, 2.45) is 11.8 Å². The number of allylic oxidation sites excluding steroid dienone is 1. The van der Waals surface area contributed by atoms with E-state index >= 15 is 0 Å². The Morgan fingerprint density at radius 3 is 2.97 bits per heavy atom. The number of halogens is 1. The van der Waals surface area contributed by atoms with Crippen molar-refractivity contribution in [2.75, 3.05) is 13.1 Å². The number of carbonyl (C=O) groups is 1. The van der Waals surface area contributed by atoms with Crippen molar-refractivity contribution >= 4 is 17.5 Å². The zero-order chi connectivity index (χ0) is 21.6. The predicted molar refractivity (Wildman–Crippen MR) is 126 cm³/mol. The molecule has 1 amide bonds. The fraction of sp³-hybridized carbons (Fsp3) is 0.462. The molecule has 164 valence electrons. The number of aromatic nitrogens is 1. The van der Waals surface area contributed by atoms with E-state index in [1.807, 2.05) is 0 Å². The lowest BCUT2D eigenvalue weighted by atomic mass is 9.88. The Morgan fingerprint density at radius 2 is 2.19 bits per heavy atom. The lowest BCUT2D eigenvalue weighted by molar-refractivity contribution is -0.116. The van der Waals surface area contributed by atoms with Crippen LogP contribution in [0.3, 0.4) is 0 Å². The van der Waals surface area contributed by atoms with Crippen LogP contribution in [0.5, 0.6) is 0 Å². The zero-order valence-corrected chi connectivity index (χ0v) is 19.1. The van der Waals surface area contributed by atoms with Gasteiger partial charge in [0.05, 0.1) is 17.3 Å². The van der Waals surface area contributed by atoms with Crippen LogP contribution in [0.2, 0.25) is 5.02 Å². The molecule has 0 saturated heterocycles. The quantitative estimate of drug-likeness (QED) is 0.565. The molecule has 0 bridgehead atoms. The van der Waals surface area contributed by atoms with Gasteiger partial charge in [-0.2, -0.15) is 0 Å². The second-order valence-corrected chi connectivity index (χ2v) is 9.27. The number of pyridine rings is 1. The molecule has 1 aromatic heterocycles. The molecule has 2 heterocycles. The second kappa shape index (κ2) is 10.4.